The number of nitrogens with zero attached hydrogens (tertiary/aromatic N) is 1. The molecule has 0 atom stereocenters. The van der Waals surface area contributed by atoms with E-state index in [0.29, 0.717) is 0 Å². The smallest absolute Gasteiger partial charge is 0.381 e. The summed E-state index contributed by atoms with van der Waals surface area (Å²) in [7, 11) is 0. The van der Waals surface area contributed by atoms with Crippen LogP contribution < -0.4 is 15.4 Å². The van der Waals surface area contributed by atoms with Crippen LogP contribution in [0.3, 0.4) is 0 Å². The molecule has 0 unspecified atom stereocenters. The summed E-state index contributed by atoms with van der Waals surface area (Å²) in [6.45, 7) is -2.50. The van der Waals surface area contributed by atoms with Gasteiger partial charge in [0.2, 0.25) is 5.88 Å². The van der Waals surface area contributed by atoms with Gasteiger partial charge >= 0.3 is 30.2 Å². The van der Waals surface area contributed by atoms with Gasteiger partial charge in [0.05, 0.1) is 0 Å². The number of carbonyl (C=O) groups excluding carboxylic acids is 2. The van der Waals surface area contributed by atoms with Gasteiger partial charge < -0.3 is 4.74 Å². The van der Waals surface area contributed by atoms with Crippen LogP contribution in [0.5, 0.6) is 5.88 Å². The predicted octanol–water partition coefficient (Wildman–Crippen LogP) is 4.87. The maximum absolute atomic E-state index is 13.5. The van der Waals surface area contributed by atoms with Crippen molar-refractivity contribution in [2.24, 2.45) is 0 Å². The lowest BCUT2D eigenvalue weighted by atomic mass is 10.1. The van der Waals surface area contributed by atoms with E-state index in [2.05, 4.69) is 9.72 Å². The number of ether oxygens (including phenoxy) is 1. The van der Waals surface area contributed by atoms with Crippen LogP contribution >= 0.6 is 0 Å². The Kier molecular flexibility index (Phi) is 7.62. The Morgan fingerprint density at radius 1 is 0.941 bits per heavy atom. The van der Waals surface area contributed by atoms with Gasteiger partial charge in [0, 0.05) is 6.07 Å². The summed E-state index contributed by atoms with van der Waals surface area (Å²) in [6.07, 6.45) is -5.10. The number of halogens is 10. The van der Waals surface area contributed by atoms with Gasteiger partial charge in [-0.15, -0.1) is 0 Å². The van der Waals surface area contributed by atoms with Gasteiger partial charge in [0.15, 0.2) is 6.61 Å². The molecule has 0 aliphatic heterocycles. The number of anilines is 1. The number of hydrogen-bond acceptors (Lipinski definition) is 4. The summed E-state index contributed by atoms with van der Waals surface area (Å²) in [4.78, 5) is 27.0. The standard InChI is InChI=1S/C18H11F10N3O3/c19-8-3-1-4-9(20)12(8)13(32)31-15(33)30-10-5-2-6-11(29-10)34-7-16(23,24)18(27,28)17(25,26)14(21)22/h1-6,14H,7H2,(H2,29,30,31,32,33). The first-order chi connectivity index (χ1) is 15.6. The zero-order valence-corrected chi connectivity index (χ0v) is 16.2. The quantitative estimate of drug-likeness (QED) is 0.500. The minimum absolute atomic E-state index is 0.579. The van der Waals surface area contributed by atoms with Crippen LogP contribution in [0.4, 0.5) is 54.5 Å². The van der Waals surface area contributed by atoms with Gasteiger partial charge in [-0.2, -0.15) is 31.3 Å². The predicted molar refractivity (Wildman–Crippen MR) is 93.4 cm³/mol. The Balaban J connectivity index is 2.06. The highest BCUT2D eigenvalue weighted by molar-refractivity contribution is 6.07. The summed E-state index contributed by atoms with van der Waals surface area (Å²) in [5.41, 5.74) is -1.11. The summed E-state index contributed by atoms with van der Waals surface area (Å²) >= 11 is 0. The van der Waals surface area contributed by atoms with E-state index in [4.69, 9.17) is 0 Å². The van der Waals surface area contributed by atoms with E-state index in [1.807, 2.05) is 5.32 Å². The number of hydrogen-bond donors (Lipinski definition) is 2. The number of urea groups is 1. The summed E-state index contributed by atoms with van der Waals surface area (Å²) in [5, 5.41) is 3.35. The molecule has 3 amide bonds. The van der Waals surface area contributed by atoms with Gasteiger partial charge in [-0.25, -0.2) is 22.4 Å². The second kappa shape index (κ2) is 9.72. The SMILES string of the molecule is O=C(NC(=O)c1c(F)cccc1F)Nc1cccc(OCC(F)(F)C(F)(F)C(F)(F)C(F)F)n1. The summed E-state index contributed by atoms with van der Waals surface area (Å²) in [6, 6.07) is 3.64. The lowest BCUT2D eigenvalue weighted by Gasteiger charge is -2.31. The minimum Gasteiger partial charge on any atom is -0.471 e. The van der Waals surface area contributed by atoms with Crippen LogP contribution in [0.25, 0.3) is 0 Å². The molecule has 0 radical (unpaired) electrons. The molecule has 0 spiro atoms. The maximum atomic E-state index is 13.5. The van der Waals surface area contributed by atoms with Crippen molar-refractivity contribution < 1.29 is 58.2 Å². The number of benzene rings is 1. The molecule has 1 aromatic heterocycles. The van der Waals surface area contributed by atoms with E-state index >= 15 is 0 Å². The van der Waals surface area contributed by atoms with E-state index in [-0.39, 0.29) is 0 Å². The second-order valence-corrected chi connectivity index (χ2v) is 6.36. The third-order valence-corrected chi connectivity index (χ3v) is 3.94. The van der Waals surface area contributed by atoms with Crippen molar-refractivity contribution in [2.45, 2.75) is 24.2 Å². The fraction of sp³-hybridized carbons (Fsp3) is 0.278. The molecule has 2 aromatic rings. The molecule has 16 heteroatoms. The highest BCUT2D eigenvalue weighted by atomic mass is 19.4. The number of pyridine rings is 1. The third kappa shape index (κ3) is 5.48. The van der Waals surface area contributed by atoms with Crippen LogP contribution in [0.2, 0.25) is 0 Å². The molecule has 0 saturated heterocycles. The van der Waals surface area contributed by atoms with E-state index < -0.39 is 71.6 Å². The molecule has 1 heterocycles. The molecule has 6 nitrogen and oxygen atoms in total. The molecular weight excluding hydrogens is 496 g/mol. The first-order valence-electron chi connectivity index (χ1n) is 8.68. The van der Waals surface area contributed by atoms with E-state index in [0.717, 1.165) is 36.4 Å². The summed E-state index contributed by atoms with van der Waals surface area (Å²) < 4.78 is 135. The number of imide groups is 1. The lowest BCUT2D eigenvalue weighted by Crippen LogP contribution is -2.59. The molecule has 1 aromatic carbocycles. The molecule has 0 bridgehead atoms. The second-order valence-electron chi connectivity index (χ2n) is 6.36. The van der Waals surface area contributed by atoms with Crippen molar-refractivity contribution in [3.8, 4) is 5.88 Å². The monoisotopic (exact) mass is 507 g/mol. The van der Waals surface area contributed by atoms with Crippen molar-refractivity contribution >= 4 is 17.8 Å². The van der Waals surface area contributed by atoms with Crippen molar-refractivity contribution in [1.29, 1.82) is 0 Å². The van der Waals surface area contributed by atoms with E-state index in [1.165, 1.54) is 5.32 Å². The molecule has 0 fully saturated rings. The first kappa shape index (κ1) is 26.7. The van der Waals surface area contributed by atoms with Crippen molar-refractivity contribution in [2.75, 3.05) is 11.9 Å². The third-order valence-electron chi connectivity index (χ3n) is 3.94. The minimum atomic E-state index is -6.49. The van der Waals surface area contributed by atoms with E-state index in [9.17, 15) is 53.5 Å². The molecular formula is C18H11F10N3O3. The Hall–Kier alpha value is -3.59. The van der Waals surface area contributed by atoms with Crippen LogP contribution in [0.15, 0.2) is 36.4 Å². The fourth-order valence-corrected chi connectivity index (χ4v) is 2.23. The normalized spacial score (nSPS) is 12.4. The fourth-order valence-electron chi connectivity index (χ4n) is 2.23. The van der Waals surface area contributed by atoms with Gasteiger partial charge in [-0.3, -0.25) is 15.4 Å². The topological polar surface area (TPSA) is 80.3 Å². The summed E-state index contributed by atoms with van der Waals surface area (Å²) in [5.74, 6) is -24.3. The number of alkyl halides is 8. The molecule has 186 valence electrons. The average molecular weight is 507 g/mol. The number of amides is 3. The highest BCUT2D eigenvalue weighted by Gasteiger charge is 2.75. The van der Waals surface area contributed by atoms with Gasteiger partial charge in [0.1, 0.15) is 23.0 Å². The van der Waals surface area contributed by atoms with Crippen LogP contribution in [0.1, 0.15) is 10.4 Å². The largest absolute Gasteiger partial charge is 0.471 e. The zero-order chi connectivity index (χ0) is 25.9. The van der Waals surface area contributed by atoms with Gasteiger partial charge in [-0.05, 0) is 18.2 Å². The average Bonchev–Trinajstić information content (AvgIpc) is 2.72. The number of carbonyl (C=O) groups is 2. The van der Waals surface area contributed by atoms with Crippen molar-refractivity contribution in [1.82, 2.24) is 10.3 Å². The molecule has 0 aliphatic rings. The Labute approximate surface area is 182 Å². The maximum Gasteiger partial charge on any atom is 0.381 e. The molecule has 0 saturated carbocycles. The lowest BCUT2D eigenvalue weighted by molar-refractivity contribution is -0.342. The molecule has 2 rings (SSSR count). The Morgan fingerprint density at radius 3 is 2.06 bits per heavy atom. The zero-order valence-electron chi connectivity index (χ0n) is 16.2. The van der Waals surface area contributed by atoms with E-state index in [1.54, 1.807) is 0 Å². The van der Waals surface area contributed by atoms with Crippen LogP contribution in [0, 0.1) is 11.6 Å². The van der Waals surface area contributed by atoms with Crippen molar-refractivity contribution in [3.63, 3.8) is 0 Å². The number of aromatic nitrogens is 1. The molecule has 2 N–H and O–H groups in total. The van der Waals surface area contributed by atoms with Gasteiger partial charge in [0.25, 0.3) is 5.91 Å². The van der Waals surface area contributed by atoms with Crippen LogP contribution in [-0.4, -0.2) is 47.7 Å². The molecule has 34 heavy (non-hydrogen) atoms. The van der Waals surface area contributed by atoms with Gasteiger partial charge in [-0.1, -0.05) is 12.1 Å². The number of rotatable bonds is 8. The molecule has 0 aliphatic carbocycles. The highest BCUT2D eigenvalue weighted by Crippen LogP contribution is 2.48. The van der Waals surface area contributed by atoms with Crippen LogP contribution in [-0.2, 0) is 0 Å². The first-order valence-corrected chi connectivity index (χ1v) is 8.68. The van der Waals surface area contributed by atoms with Crippen molar-refractivity contribution in [3.05, 3.63) is 53.6 Å². The Bertz CT molecular complexity index is 1050. The number of nitrogens with one attached hydrogen (secondary N) is 2. The Morgan fingerprint density at radius 2 is 1.50 bits per heavy atom.